The molecule has 2 amide bonds. The summed E-state index contributed by atoms with van der Waals surface area (Å²) in [7, 11) is 0. The van der Waals surface area contributed by atoms with E-state index >= 15 is 0 Å². The smallest absolute Gasteiger partial charge is 0.313 e. The van der Waals surface area contributed by atoms with Crippen LogP contribution in [0.3, 0.4) is 0 Å². The number of hydrogen-bond donors (Lipinski definition) is 2. The van der Waals surface area contributed by atoms with Crippen molar-refractivity contribution in [1.29, 1.82) is 0 Å². The molecule has 2 rings (SSSR count). The first-order chi connectivity index (χ1) is 11.8. The van der Waals surface area contributed by atoms with Gasteiger partial charge in [0.2, 0.25) is 0 Å². The molecule has 0 fully saturated rings. The third-order valence-electron chi connectivity index (χ3n) is 3.18. The summed E-state index contributed by atoms with van der Waals surface area (Å²) in [5, 5.41) is 4.86. The van der Waals surface area contributed by atoms with Crippen LogP contribution < -0.4 is 15.4 Å². The van der Waals surface area contributed by atoms with Gasteiger partial charge in [0.1, 0.15) is 11.6 Å². The van der Waals surface area contributed by atoms with E-state index in [1.165, 1.54) is 12.1 Å². The fraction of sp³-hybridized carbons (Fsp3) is 0.278. The Labute approximate surface area is 145 Å². The SMILES string of the molecule is Cc1ccc(CNC(=O)C(=O)Nc2cc(F)ccc2OC(C)C)cn1. The number of nitrogens with one attached hydrogen (secondary N) is 2. The van der Waals surface area contributed by atoms with Gasteiger partial charge in [-0.25, -0.2) is 4.39 Å². The van der Waals surface area contributed by atoms with Crippen LogP contribution in [-0.4, -0.2) is 22.9 Å². The molecule has 132 valence electrons. The Kier molecular flexibility index (Phi) is 6.05. The van der Waals surface area contributed by atoms with Crippen LogP contribution in [0.15, 0.2) is 36.5 Å². The van der Waals surface area contributed by atoms with Crippen molar-refractivity contribution in [1.82, 2.24) is 10.3 Å². The van der Waals surface area contributed by atoms with Crippen LogP contribution in [0.5, 0.6) is 5.75 Å². The van der Waals surface area contributed by atoms with Crippen LogP contribution in [0.4, 0.5) is 10.1 Å². The number of nitrogens with zero attached hydrogens (tertiary/aromatic N) is 1. The van der Waals surface area contributed by atoms with Crippen molar-refractivity contribution in [3.8, 4) is 5.75 Å². The lowest BCUT2D eigenvalue weighted by atomic mass is 10.2. The normalized spacial score (nSPS) is 10.4. The van der Waals surface area contributed by atoms with Gasteiger partial charge in [-0.2, -0.15) is 0 Å². The highest BCUT2D eigenvalue weighted by molar-refractivity contribution is 6.39. The Hall–Kier alpha value is -2.96. The minimum absolute atomic E-state index is 0.103. The number of carbonyl (C=O) groups excluding carboxylic acids is 2. The number of benzene rings is 1. The molecular formula is C18H20FN3O3. The van der Waals surface area contributed by atoms with E-state index in [0.717, 1.165) is 17.3 Å². The van der Waals surface area contributed by atoms with Crippen LogP contribution in [-0.2, 0) is 16.1 Å². The maximum atomic E-state index is 13.4. The van der Waals surface area contributed by atoms with E-state index in [2.05, 4.69) is 15.6 Å². The molecule has 2 N–H and O–H groups in total. The van der Waals surface area contributed by atoms with Crippen molar-refractivity contribution in [2.45, 2.75) is 33.4 Å². The second kappa shape index (κ2) is 8.23. The Morgan fingerprint density at radius 3 is 2.60 bits per heavy atom. The third kappa shape index (κ3) is 5.56. The summed E-state index contributed by atoms with van der Waals surface area (Å²) in [6.07, 6.45) is 1.46. The van der Waals surface area contributed by atoms with Crippen molar-refractivity contribution >= 4 is 17.5 Å². The molecule has 0 saturated heterocycles. The zero-order valence-corrected chi connectivity index (χ0v) is 14.3. The quantitative estimate of drug-likeness (QED) is 0.816. The monoisotopic (exact) mass is 345 g/mol. The molecule has 1 aromatic carbocycles. The lowest BCUT2D eigenvalue weighted by Crippen LogP contribution is -2.35. The highest BCUT2D eigenvalue weighted by Gasteiger charge is 2.17. The average molecular weight is 345 g/mol. The van der Waals surface area contributed by atoms with Gasteiger partial charge in [-0.3, -0.25) is 14.6 Å². The summed E-state index contributed by atoms with van der Waals surface area (Å²) in [5.41, 5.74) is 1.73. The molecule has 0 aliphatic rings. The number of amides is 2. The number of anilines is 1. The number of rotatable bonds is 5. The molecule has 0 bridgehead atoms. The van der Waals surface area contributed by atoms with Gasteiger partial charge in [0.15, 0.2) is 0 Å². The molecule has 2 aromatic rings. The topological polar surface area (TPSA) is 80.3 Å². The summed E-state index contributed by atoms with van der Waals surface area (Å²) in [5.74, 6) is -1.99. The van der Waals surface area contributed by atoms with Crippen LogP contribution in [0.1, 0.15) is 25.1 Å². The number of pyridine rings is 1. The molecule has 1 heterocycles. The van der Waals surface area contributed by atoms with E-state index in [9.17, 15) is 14.0 Å². The summed E-state index contributed by atoms with van der Waals surface area (Å²) < 4.78 is 18.9. The van der Waals surface area contributed by atoms with Gasteiger partial charge >= 0.3 is 11.8 Å². The van der Waals surface area contributed by atoms with Crippen LogP contribution >= 0.6 is 0 Å². The minimum Gasteiger partial charge on any atom is -0.489 e. The third-order valence-corrected chi connectivity index (χ3v) is 3.18. The molecule has 0 spiro atoms. The standard InChI is InChI=1S/C18H20FN3O3/c1-11(2)25-16-7-6-14(19)8-15(16)22-18(24)17(23)21-10-13-5-4-12(3)20-9-13/h4-9,11H,10H2,1-3H3,(H,21,23)(H,22,24). The molecule has 0 atom stereocenters. The summed E-state index contributed by atoms with van der Waals surface area (Å²) in [6.45, 7) is 5.62. The lowest BCUT2D eigenvalue weighted by molar-refractivity contribution is -0.136. The van der Waals surface area contributed by atoms with Gasteiger partial charge in [-0.15, -0.1) is 0 Å². The Morgan fingerprint density at radius 2 is 1.96 bits per heavy atom. The molecule has 0 radical (unpaired) electrons. The van der Waals surface area contributed by atoms with Crippen LogP contribution in [0.25, 0.3) is 0 Å². The highest BCUT2D eigenvalue weighted by Crippen LogP contribution is 2.26. The maximum absolute atomic E-state index is 13.4. The van der Waals surface area contributed by atoms with Gasteiger partial charge in [-0.05, 0) is 44.5 Å². The second-order valence-electron chi connectivity index (χ2n) is 5.75. The van der Waals surface area contributed by atoms with E-state index in [-0.39, 0.29) is 18.3 Å². The largest absolute Gasteiger partial charge is 0.489 e. The van der Waals surface area contributed by atoms with E-state index in [1.54, 1.807) is 20.0 Å². The van der Waals surface area contributed by atoms with Crippen LogP contribution in [0.2, 0.25) is 0 Å². The number of hydrogen-bond acceptors (Lipinski definition) is 4. The predicted octanol–water partition coefficient (Wildman–Crippen LogP) is 2.57. The molecule has 7 heteroatoms. The summed E-state index contributed by atoms with van der Waals surface area (Å²) >= 11 is 0. The number of carbonyl (C=O) groups is 2. The fourth-order valence-corrected chi connectivity index (χ4v) is 2.00. The molecule has 0 aliphatic carbocycles. The van der Waals surface area contributed by atoms with Crippen molar-refractivity contribution in [2.75, 3.05) is 5.32 Å². The van der Waals surface area contributed by atoms with Gasteiger partial charge < -0.3 is 15.4 Å². The van der Waals surface area contributed by atoms with Gasteiger partial charge in [0, 0.05) is 24.5 Å². The summed E-state index contributed by atoms with van der Waals surface area (Å²) in [4.78, 5) is 28.1. The molecule has 25 heavy (non-hydrogen) atoms. The highest BCUT2D eigenvalue weighted by atomic mass is 19.1. The number of aryl methyl sites for hydroxylation is 1. The molecule has 0 saturated carbocycles. The van der Waals surface area contributed by atoms with E-state index in [0.29, 0.717) is 5.75 Å². The van der Waals surface area contributed by atoms with Gasteiger partial charge in [0.05, 0.1) is 11.8 Å². The van der Waals surface area contributed by atoms with E-state index in [4.69, 9.17) is 4.74 Å². The molecule has 0 aliphatic heterocycles. The van der Waals surface area contributed by atoms with Gasteiger partial charge in [-0.1, -0.05) is 6.07 Å². The average Bonchev–Trinajstić information content (AvgIpc) is 2.56. The predicted molar refractivity (Wildman–Crippen MR) is 91.6 cm³/mol. The molecule has 1 aromatic heterocycles. The van der Waals surface area contributed by atoms with Gasteiger partial charge in [0.25, 0.3) is 0 Å². The summed E-state index contributed by atoms with van der Waals surface area (Å²) in [6, 6.07) is 7.34. The number of ether oxygens (including phenoxy) is 1. The first kappa shape index (κ1) is 18.4. The van der Waals surface area contributed by atoms with Crippen molar-refractivity contribution in [2.24, 2.45) is 0 Å². The number of aromatic nitrogens is 1. The molecule has 0 unspecified atom stereocenters. The van der Waals surface area contributed by atoms with Crippen molar-refractivity contribution in [3.05, 3.63) is 53.6 Å². The molecular weight excluding hydrogens is 325 g/mol. The zero-order valence-electron chi connectivity index (χ0n) is 14.3. The van der Waals surface area contributed by atoms with Crippen molar-refractivity contribution < 1.29 is 18.7 Å². The minimum atomic E-state index is -0.903. The Balaban J connectivity index is 1.99. The molecule has 6 nitrogen and oxygen atoms in total. The van der Waals surface area contributed by atoms with Crippen molar-refractivity contribution in [3.63, 3.8) is 0 Å². The maximum Gasteiger partial charge on any atom is 0.313 e. The number of halogens is 1. The van der Waals surface area contributed by atoms with Crippen LogP contribution in [0, 0.1) is 12.7 Å². The zero-order chi connectivity index (χ0) is 18.4. The van der Waals surface area contributed by atoms with E-state index in [1.807, 2.05) is 19.1 Å². The van der Waals surface area contributed by atoms with E-state index < -0.39 is 17.6 Å². The second-order valence-corrected chi connectivity index (χ2v) is 5.75. The Morgan fingerprint density at radius 1 is 1.20 bits per heavy atom. The first-order valence-corrected chi connectivity index (χ1v) is 7.82. The first-order valence-electron chi connectivity index (χ1n) is 7.82. The fourth-order valence-electron chi connectivity index (χ4n) is 2.00. The Bertz CT molecular complexity index is 761. The lowest BCUT2D eigenvalue weighted by Gasteiger charge is -2.15.